The number of carbonyl (C=O) groups excluding carboxylic acids is 1. The minimum atomic E-state index is -1.11. The van der Waals surface area contributed by atoms with Gasteiger partial charge in [0, 0.05) is 7.05 Å². The molecule has 0 saturated heterocycles. The van der Waals surface area contributed by atoms with Gasteiger partial charge in [-0.05, 0) is 24.3 Å². The number of rotatable bonds is 7. The third kappa shape index (κ3) is 4.87. The molecule has 0 aliphatic heterocycles. The molecular formula is C20H14Cl2F2N4O4. The molecule has 0 radical (unpaired) electrons. The van der Waals surface area contributed by atoms with Gasteiger partial charge in [-0.2, -0.15) is 14.4 Å². The van der Waals surface area contributed by atoms with Crippen LogP contribution in [-0.4, -0.2) is 35.7 Å². The molecule has 1 amide bonds. The van der Waals surface area contributed by atoms with E-state index >= 15 is 4.39 Å². The molecule has 0 fully saturated rings. The third-order valence-electron chi connectivity index (χ3n) is 3.89. The third-order valence-corrected chi connectivity index (χ3v) is 4.69. The van der Waals surface area contributed by atoms with Gasteiger partial charge in [0.05, 0.1) is 10.6 Å². The molecule has 8 nitrogen and oxygen atoms in total. The van der Waals surface area contributed by atoms with Gasteiger partial charge in [-0.15, -0.1) is 0 Å². The maximum Gasteiger partial charge on any atom is 0.273 e. The Hall–Kier alpha value is -3.50. The largest absolute Gasteiger partial charge is 0.435 e. The van der Waals surface area contributed by atoms with Crippen molar-refractivity contribution in [2.24, 2.45) is 5.16 Å². The summed E-state index contributed by atoms with van der Waals surface area (Å²) in [4.78, 5) is 24.2. The lowest BCUT2D eigenvalue weighted by Gasteiger charge is -2.14. The van der Waals surface area contributed by atoms with Crippen LogP contribution < -0.4 is 14.8 Å². The first-order valence-corrected chi connectivity index (χ1v) is 9.55. The average Bonchev–Trinajstić information content (AvgIpc) is 2.78. The molecule has 1 heterocycles. The second kappa shape index (κ2) is 10.2. The molecule has 0 bridgehead atoms. The summed E-state index contributed by atoms with van der Waals surface area (Å²) in [7, 11) is 2.50. The summed E-state index contributed by atoms with van der Waals surface area (Å²) in [6, 6.07) is 8.19. The smallest absolute Gasteiger partial charge is 0.273 e. The highest BCUT2D eigenvalue weighted by molar-refractivity contribution is 6.45. The summed E-state index contributed by atoms with van der Waals surface area (Å²) in [5.41, 5.74) is -0.799. The summed E-state index contributed by atoms with van der Waals surface area (Å²) >= 11 is 12.0. The van der Waals surface area contributed by atoms with Crippen LogP contribution in [0.2, 0.25) is 10.0 Å². The van der Waals surface area contributed by atoms with Crippen LogP contribution in [0.15, 0.2) is 47.9 Å². The van der Waals surface area contributed by atoms with E-state index < -0.39 is 35.0 Å². The number of benzene rings is 2. The van der Waals surface area contributed by atoms with Gasteiger partial charge in [-0.3, -0.25) is 4.79 Å². The van der Waals surface area contributed by atoms with Crippen LogP contribution in [-0.2, 0) is 9.63 Å². The Kier molecular flexibility index (Phi) is 7.39. The zero-order valence-corrected chi connectivity index (χ0v) is 18.0. The van der Waals surface area contributed by atoms with Crippen molar-refractivity contribution in [1.29, 1.82) is 0 Å². The van der Waals surface area contributed by atoms with Gasteiger partial charge in [0.15, 0.2) is 5.71 Å². The van der Waals surface area contributed by atoms with Crippen molar-refractivity contribution >= 4 is 34.8 Å². The molecule has 3 rings (SSSR count). The number of nitrogens with zero attached hydrogens (tertiary/aromatic N) is 3. The van der Waals surface area contributed by atoms with E-state index in [-0.39, 0.29) is 27.1 Å². The Balaban J connectivity index is 2.01. The zero-order valence-electron chi connectivity index (χ0n) is 16.5. The minimum Gasteiger partial charge on any atom is -0.435 e. The van der Waals surface area contributed by atoms with Crippen LogP contribution in [0.3, 0.4) is 0 Å². The van der Waals surface area contributed by atoms with Crippen LogP contribution in [0.1, 0.15) is 5.56 Å². The number of ether oxygens (including phenoxy) is 2. The second-order valence-electron chi connectivity index (χ2n) is 5.87. The van der Waals surface area contributed by atoms with Crippen molar-refractivity contribution < 1.29 is 27.9 Å². The first-order chi connectivity index (χ1) is 15.4. The molecule has 0 unspecified atom stereocenters. The Labute approximate surface area is 190 Å². The fourth-order valence-corrected chi connectivity index (χ4v) is 2.81. The van der Waals surface area contributed by atoms with Gasteiger partial charge in [0.25, 0.3) is 17.7 Å². The van der Waals surface area contributed by atoms with E-state index in [1.165, 1.54) is 38.4 Å². The van der Waals surface area contributed by atoms with Gasteiger partial charge in [-0.25, -0.2) is 4.39 Å². The van der Waals surface area contributed by atoms with Crippen molar-refractivity contribution in [1.82, 2.24) is 15.3 Å². The van der Waals surface area contributed by atoms with Crippen LogP contribution in [0.4, 0.5) is 8.78 Å². The highest BCUT2D eigenvalue weighted by Crippen LogP contribution is 2.36. The maximum absolute atomic E-state index is 15.0. The van der Waals surface area contributed by atoms with Crippen molar-refractivity contribution in [3.63, 3.8) is 0 Å². The van der Waals surface area contributed by atoms with Crippen molar-refractivity contribution in [2.45, 2.75) is 0 Å². The van der Waals surface area contributed by atoms with Crippen molar-refractivity contribution in [2.75, 3.05) is 14.2 Å². The number of nitrogens with one attached hydrogen (secondary N) is 1. The predicted octanol–water partition coefficient (Wildman–Crippen LogP) is 4.74. The summed E-state index contributed by atoms with van der Waals surface area (Å²) < 4.78 is 40.4. The van der Waals surface area contributed by atoms with Crippen LogP contribution in [0.5, 0.6) is 23.3 Å². The van der Waals surface area contributed by atoms with Crippen molar-refractivity contribution in [3.05, 3.63) is 70.0 Å². The topological polar surface area (TPSA) is 94.9 Å². The summed E-state index contributed by atoms with van der Waals surface area (Å²) in [5.74, 6) is -4.06. The van der Waals surface area contributed by atoms with Gasteiger partial charge in [-0.1, -0.05) is 40.5 Å². The van der Waals surface area contributed by atoms with E-state index in [1.54, 1.807) is 6.07 Å². The van der Waals surface area contributed by atoms with E-state index in [2.05, 4.69) is 25.3 Å². The molecular weight excluding hydrogens is 469 g/mol. The minimum absolute atomic E-state index is 0.0447. The highest BCUT2D eigenvalue weighted by Gasteiger charge is 2.25. The van der Waals surface area contributed by atoms with Gasteiger partial charge >= 0.3 is 0 Å². The number of aromatic nitrogens is 2. The predicted molar refractivity (Wildman–Crippen MR) is 113 cm³/mol. The van der Waals surface area contributed by atoms with Crippen molar-refractivity contribution in [3.8, 4) is 23.3 Å². The van der Waals surface area contributed by atoms with Gasteiger partial charge in [0.2, 0.25) is 5.82 Å². The summed E-state index contributed by atoms with van der Waals surface area (Å²) in [6.07, 6.45) is 0.966. The summed E-state index contributed by atoms with van der Waals surface area (Å²) in [6.45, 7) is 0. The molecule has 1 N–H and O–H groups in total. The van der Waals surface area contributed by atoms with Crippen LogP contribution in [0, 0.1) is 11.6 Å². The normalized spacial score (nSPS) is 11.1. The number of oxime groups is 1. The first-order valence-electron chi connectivity index (χ1n) is 8.79. The van der Waals surface area contributed by atoms with E-state index in [0.717, 1.165) is 12.4 Å². The lowest BCUT2D eigenvalue weighted by atomic mass is 10.1. The molecule has 32 heavy (non-hydrogen) atoms. The quantitative estimate of drug-likeness (QED) is 0.385. The molecule has 0 aliphatic rings. The lowest BCUT2D eigenvalue weighted by molar-refractivity contribution is -0.114. The fourth-order valence-electron chi connectivity index (χ4n) is 2.48. The van der Waals surface area contributed by atoms with E-state index in [0.29, 0.717) is 0 Å². The second-order valence-corrected chi connectivity index (χ2v) is 6.65. The van der Waals surface area contributed by atoms with Crippen LogP contribution >= 0.6 is 23.2 Å². The molecule has 0 spiro atoms. The number of halogens is 4. The Morgan fingerprint density at radius 2 is 1.66 bits per heavy atom. The highest BCUT2D eigenvalue weighted by atomic mass is 35.5. The maximum atomic E-state index is 15.0. The van der Waals surface area contributed by atoms with E-state index in [1.807, 2.05) is 0 Å². The van der Waals surface area contributed by atoms with E-state index in [4.69, 9.17) is 32.7 Å². The van der Waals surface area contributed by atoms with E-state index in [9.17, 15) is 9.18 Å². The molecule has 0 aliphatic carbocycles. The number of amides is 1. The Morgan fingerprint density at radius 1 is 1.03 bits per heavy atom. The first kappa shape index (κ1) is 23.2. The Bertz CT molecular complexity index is 1190. The average molecular weight is 483 g/mol. The number of hydrogen-bond acceptors (Lipinski definition) is 7. The zero-order chi connectivity index (χ0) is 23.3. The number of carbonyl (C=O) groups is 1. The molecule has 12 heteroatoms. The molecule has 0 saturated carbocycles. The molecule has 1 aromatic heterocycles. The number of likely N-dealkylation sites (N-methyl/N-ethyl adjacent to an activating group) is 1. The fraction of sp³-hybridized carbons (Fsp3) is 0.100. The van der Waals surface area contributed by atoms with Gasteiger partial charge < -0.3 is 19.6 Å². The van der Waals surface area contributed by atoms with Crippen LogP contribution in [0.25, 0.3) is 0 Å². The standard InChI is InChI=1S/C20H14Cl2F2N4O4/c1-25-18(29)17(28-30-2)14-11(23)6-4-7-12(14)31-19-16(24)20(27-9-26-19)32-13-8-3-5-10(21)15(13)22/h3-9H,1-2H3,(H,25,29). The monoisotopic (exact) mass is 482 g/mol. The molecule has 0 atom stereocenters. The van der Waals surface area contributed by atoms with Gasteiger partial charge in [0.1, 0.15) is 35.8 Å². The Morgan fingerprint density at radius 3 is 2.31 bits per heavy atom. The molecule has 2 aromatic carbocycles. The lowest BCUT2D eigenvalue weighted by Crippen LogP contribution is -2.29. The SMILES string of the molecule is CNC(=O)C(=NOC)c1c(F)cccc1Oc1ncnc(Oc2cccc(Cl)c2Cl)c1F. The molecule has 166 valence electrons. The number of hydrogen-bond donors (Lipinski definition) is 1. The molecule has 3 aromatic rings. The summed E-state index contributed by atoms with van der Waals surface area (Å²) in [5, 5.41) is 6.10.